The SMILES string of the molecule is NC(=O)C1CCCN(C(=O)Cn2cc(CCCO)nn2)C1. The molecule has 1 aliphatic heterocycles. The summed E-state index contributed by atoms with van der Waals surface area (Å²) in [6.07, 6.45) is 4.51. The van der Waals surface area contributed by atoms with Crippen molar-refractivity contribution in [2.45, 2.75) is 32.2 Å². The molecule has 3 N–H and O–H groups in total. The lowest BCUT2D eigenvalue weighted by molar-refractivity contribution is -0.135. The number of hydrogen-bond acceptors (Lipinski definition) is 5. The van der Waals surface area contributed by atoms with E-state index in [0.29, 0.717) is 25.9 Å². The van der Waals surface area contributed by atoms with Gasteiger partial charge in [0.05, 0.1) is 11.6 Å². The van der Waals surface area contributed by atoms with E-state index in [1.807, 2.05) is 0 Å². The monoisotopic (exact) mass is 295 g/mol. The Hall–Kier alpha value is -1.96. The molecule has 2 rings (SSSR count). The Morgan fingerprint density at radius 2 is 2.29 bits per heavy atom. The molecule has 0 saturated carbocycles. The molecule has 1 aromatic rings. The number of nitrogens with zero attached hydrogens (tertiary/aromatic N) is 4. The molecule has 0 aliphatic carbocycles. The third-order valence-electron chi connectivity index (χ3n) is 3.65. The van der Waals surface area contributed by atoms with Crippen LogP contribution < -0.4 is 5.73 Å². The third kappa shape index (κ3) is 4.25. The number of aliphatic hydroxyl groups is 1. The first kappa shape index (κ1) is 15.4. The molecule has 0 spiro atoms. The van der Waals surface area contributed by atoms with Gasteiger partial charge in [0, 0.05) is 25.9 Å². The van der Waals surface area contributed by atoms with Crippen LogP contribution in [-0.4, -0.2) is 56.5 Å². The quantitative estimate of drug-likeness (QED) is 0.693. The number of carbonyl (C=O) groups is 2. The summed E-state index contributed by atoms with van der Waals surface area (Å²) in [5.74, 6) is -0.683. The first-order chi connectivity index (χ1) is 10.1. The van der Waals surface area contributed by atoms with Gasteiger partial charge >= 0.3 is 0 Å². The van der Waals surface area contributed by atoms with Gasteiger partial charge in [0.15, 0.2) is 0 Å². The van der Waals surface area contributed by atoms with Gasteiger partial charge in [-0.3, -0.25) is 9.59 Å². The number of likely N-dealkylation sites (tertiary alicyclic amines) is 1. The molecule has 0 radical (unpaired) electrons. The van der Waals surface area contributed by atoms with Gasteiger partial charge in [-0.15, -0.1) is 5.10 Å². The zero-order valence-electron chi connectivity index (χ0n) is 11.9. The molecule has 1 aliphatic rings. The van der Waals surface area contributed by atoms with Crippen LogP contribution in [-0.2, 0) is 22.6 Å². The van der Waals surface area contributed by atoms with E-state index in [1.165, 1.54) is 4.68 Å². The average molecular weight is 295 g/mol. The van der Waals surface area contributed by atoms with Gasteiger partial charge in [0.25, 0.3) is 0 Å². The fourth-order valence-electron chi connectivity index (χ4n) is 2.47. The molecule has 2 heterocycles. The summed E-state index contributed by atoms with van der Waals surface area (Å²) in [5, 5.41) is 16.6. The Morgan fingerprint density at radius 3 is 3.00 bits per heavy atom. The van der Waals surface area contributed by atoms with Crippen molar-refractivity contribution in [3.05, 3.63) is 11.9 Å². The molecule has 0 aromatic carbocycles. The zero-order chi connectivity index (χ0) is 15.2. The van der Waals surface area contributed by atoms with Crippen molar-refractivity contribution in [3.8, 4) is 0 Å². The Morgan fingerprint density at radius 1 is 1.48 bits per heavy atom. The highest BCUT2D eigenvalue weighted by Gasteiger charge is 2.27. The number of aliphatic hydroxyl groups excluding tert-OH is 1. The Labute approximate surface area is 122 Å². The molecule has 1 saturated heterocycles. The number of amides is 2. The smallest absolute Gasteiger partial charge is 0.244 e. The number of hydrogen-bond donors (Lipinski definition) is 2. The number of aromatic nitrogens is 3. The van der Waals surface area contributed by atoms with Crippen molar-refractivity contribution >= 4 is 11.8 Å². The predicted octanol–water partition coefficient (Wildman–Crippen LogP) is -1.07. The molecule has 1 aromatic heterocycles. The molecule has 1 unspecified atom stereocenters. The van der Waals surface area contributed by atoms with E-state index in [0.717, 1.165) is 18.5 Å². The van der Waals surface area contributed by atoms with Crippen LogP contribution in [0.15, 0.2) is 6.20 Å². The topological polar surface area (TPSA) is 114 Å². The number of carbonyl (C=O) groups excluding carboxylic acids is 2. The number of nitrogens with two attached hydrogens (primary N) is 1. The zero-order valence-corrected chi connectivity index (χ0v) is 11.9. The van der Waals surface area contributed by atoms with Crippen LogP contribution >= 0.6 is 0 Å². The van der Waals surface area contributed by atoms with Crippen molar-refractivity contribution in [2.75, 3.05) is 19.7 Å². The van der Waals surface area contributed by atoms with Crippen LogP contribution in [0.25, 0.3) is 0 Å². The molecular weight excluding hydrogens is 274 g/mol. The van der Waals surface area contributed by atoms with Gasteiger partial charge in [-0.05, 0) is 25.7 Å². The lowest BCUT2D eigenvalue weighted by Crippen LogP contribution is -2.45. The van der Waals surface area contributed by atoms with Crippen molar-refractivity contribution in [2.24, 2.45) is 11.7 Å². The van der Waals surface area contributed by atoms with E-state index >= 15 is 0 Å². The summed E-state index contributed by atoms with van der Waals surface area (Å²) in [6.45, 7) is 1.25. The number of piperidine rings is 1. The standard InChI is InChI=1S/C13H21N5O3/c14-13(21)10-3-1-5-17(7-10)12(20)9-18-8-11(15-16-18)4-2-6-19/h8,10,19H,1-7,9H2,(H2,14,21). The fraction of sp³-hybridized carbons (Fsp3) is 0.692. The van der Waals surface area contributed by atoms with E-state index in [-0.39, 0.29) is 30.9 Å². The summed E-state index contributed by atoms with van der Waals surface area (Å²) < 4.78 is 1.49. The lowest BCUT2D eigenvalue weighted by Gasteiger charge is -2.31. The molecule has 1 atom stereocenters. The lowest BCUT2D eigenvalue weighted by atomic mass is 9.97. The average Bonchev–Trinajstić information content (AvgIpc) is 2.92. The Bertz CT molecular complexity index is 502. The fourth-order valence-corrected chi connectivity index (χ4v) is 2.47. The Balaban J connectivity index is 1.88. The minimum Gasteiger partial charge on any atom is -0.396 e. The van der Waals surface area contributed by atoms with Gasteiger partial charge in [-0.1, -0.05) is 5.21 Å². The summed E-state index contributed by atoms with van der Waals surface area (Å²) in [7, 11) is 0. The minimum atomic E-state index is -0.348. The maximum atomic E-state index is 12.2. The van der Waals surface area contributed by atoms with Gasteiger partial charge < -0.3 is 15.7 Å². The van der Waals surface area contributed by atoms with Crippen LogP contribution in [0.5, 0.6) is 0 Å². The molecule has 8 nitrogen and oxygen atoms in total. The molecular formula is C13H21N5O3. The van der Waals surface area contributed by atoms with Crippen LogP contribution in [0.3, 0.4) is 0 Å². The van der Waals surface area contributed by atoms with E-state index in [4.69, 9.17) is 10.8 Å². The minimum absolute atomic E-state index is 0.0837. The second-order valence-corrected chi connectivity index (χ2v) is 5.32. The maximum absolute atomic E-state index is 12.2. The van der Waals surface area contributed by atoms with Crippen molar-refractivity contribution < 1.29 is 14.7 Å². The van der Waals surface area contributed by atoms with Crippen LogP contribution in [0.4, 0.5) is 0 Å². The molecule has 1 fully saturated rings. The molecule has 21 heavy (non-hydrogen) atoms. The first-order valence-corrected chi connectivity index (χ1v) is 7.17. The van der Waals surface area contributed by atoms with Gasteiger partial charge in [-0.25, -0.2) is 4.68 Å². The second kappa shape index (κ2) is 7.16. The first-order valence-electron chi connectivity index (χ1n) is 7.17. The van der Waals surface area contributed by atoms with Gasteiger partial charge in [0.1, 0.15) is 6.54 Å². The second-order valence-electron chi connectivity index (χ2n) is 5.32. The van der Waals surface area contributed by atoms with Crippen LogP contribution in [0.2, 0.25) is 0 Å². The van der Waals surface area contributed by atoms with Gasteiger partial charge in [0.2, 0.25) is 11.8 Å². The molecule has 0 bridgehead atoms. The maximum Gasteiger partial charge on any atom is 0.244 e. The van der Waals surface area contributed by atoms with E-state index in [9.17, 15) is 9.59 Å². The normalized spacial score (nSPS) is 18.7. The van der Waals surface area contributed by atoms with Gasteiger partial charge in [-0.2, -0.15) is 0 Å². The van der Waals surface area contributed by atoms with Crippen LogP contribution in [0, 0.1) is 5.92 Å². The predicted molar refractivity (Wildman–Crippen MR) is 73.9 cm³/mol. The van der Waals surface area contributed by atoms with Crippen LogP contribution in [0.1, 0.15) is 25.0 Å². The van der Waals surface area contributed by atoms with Crippen molar-refractivity contribution in [3.63, 3.8) is 0 Å². The summed E-state index contributed by atoms with van der Waals surface area (Å²) in [4.78, 5) is 25.1. The largest absolute Gasteiger partial charge is 0.396 e. The highest BCUT2D eigenvalue weighted by Crippen LogP contribution is 2.16. The number of aryl methyl sites for hydroxylation is 1. The van der Waals surface area contributed by atoms with E-state index < -0.39 is 0 Å². The molecule has 2 amide bonds. The highest BCUT2D eigenvalue weighted by atomic mass is 16.3. The molecule has 8 heteroatoms. The van der Waals surface area contributed by atoms with E-state index in [2.05, 4.69) is 10.3 Å². The number of primary amides is 1. The summed E-state index contributed by atoms with van der Waals surface area (Å²) >= 11 is 0. The Kier molecular flexibility index (Phi) is 5.26. The number of rotatable bonds is 6. The van der Waals surface area contributed by atoms with Crippen molar-refractivity contribution in [1.82, 2.24) is 19.9 Å². The molecule has 116 valence electrons. The van der Waals surface area contributed by atoms with E-state index in [1.54, 1.807) is 11.1 Å². The van der Waals surface area contributed by atoms with Crippen molar-refractivity contribution in [1.29, 1.82) is 0 Å². The highest BCUT2D eigenvalue weighted by molar-refractivity contribution is 5.80. The summed E-state index contributed by atoms with van der Waals surface area (Å²) in [5.41, 5.74) is 6.06. The summed E-state index contributed by atoms with van der Waals surface area (Å²) in [6, 6.07) is 0. The third-order valence-corrected chi connectivity index (χ3v) is 3.65.